The van der Waals surface area contributed by atoms with Crippen molar-refractivity contribution in [3.05, 3.63) is 53.9 Å². The van der Waals surface area contributed by atoms with E-state index in [2.05, 4.69) is 16.9 Å². The lowest BCUT2D eigenvalue weighted by molar-refractivity contribution is -0.114. The highest BCUT2D eigenvalue weighted by Crippen LogP contribution is 2.21. The normalized spacial score (nSPS) is 10.3. The van der Waals surface area contributed by atoms with Crippen LogP contribution in [0.3, 0.4) is 0 Å². The molecule has 7 nitrogen and oxygen atoms in total. The molecule has 2 rings (SSSR count). The Morgan fingerprint density at radius 2 is 2.13 bits per heavy atom. The first kappa shape index (κ1) is 16.4. The number of nitrogens with zero attached hydrogens (tertiary/aromatic N) is 4. The Morgan fingerprint density at radius 3 is 2.74 bits per heavy atom. The first-order chi connectivity index (χ1) is 11.0. The number of rotatable bonds is 6. The minimum Gasteiger partial charge on any atom is -0.366 e. The molecule has 2 aromatic rings. The highest BCUT2D eigenvalue weighted by Gasteiger charge is 2.18. The smallest absolute Gasteiger partial charge is 0.250 e. The number of primary amides is 1. The van der Waals surface area contributed by atoms with E-state index in [9.17, 15) is 9.59 Å². The van der Waals surface area contributed by atoms with Crippen LogP contribution >= 0.6 is 0 Å². The lowest BCUT2D eigenvalue weighted by atomic mass is 10.1. The maximum absolute atomic E-state index is 12.3. The van der Waals surface area contributed by atoms with Crippen molar-refractivity contribution in [2.45, 2.75) is 26.9 Å². The van der Waals surface area contributed by atoms with E-state index in [0.29, 0.717) is 17.8 Å². The SMILES string of the molecule is C=CC(=O)N(Cc1cnnn1CC)c1cc(C)cc(C(N)=O)c1. The summed E-state index contributed by atoms with van der Waals surface area (Å²) in [6.45, 7) is 8.23. The van der Waals surface area contributed by atoms with Crippen LogP contribution in [0.4, 0.5) is 5.69 Å². The lowest BCUT2D eigenvalue weighted by Crippen LogP contribution is -2.30. The van der Waals surface area contributed by atoms with Crippen LogP contribution in [0.1, 0.15) is 28.5 Å². The standard InChI is InChI=1S/C16H19N5O2/c1-4-15(22)20(10-14-9-18-19-21(14)5-2)13-7-11(3)6-12(8-13)16(17)23/h4,6-9H,1,5,10H2,2-3H3,(H2,17,23). The van der Waals surface area contributed by atoms with E-state index in [4.69, 9.17) is 5.73 Å². The molecule has 0 fully saturated rings. The van der Waals surface area contributed by atoms with Crippen LogP contribution in [0.5, 0.6) is 0 Å². The van der Waals surface area contributed by atoms with Gasteiger partial charge in [0.25, 0.3) is 5.91 Å². The summed E-state index contributed by atoms with van der Waals surface area (Å²) in [7, 11) is 0. The number of nitrogens with two attached hydrogens (primary N) is 1. The number of aromatic nitrogens is 3. The topological polar surface area (TPSA) is 94.1 Å². The van der Waals surface area contributed by atoms with Gasteiger partial charge in [-0.15, -0.1) is 5.10 Å². The Bertz CT molecular complexity index is 751. The van der Waals surface area contributed by atoms with Crippen LogP contribution in [-0.2, 0) is 17.9 Å². The largest absolute Gasteiger partial charge is 0.366 e. The summed E-state index contributed by atoms with van der Waals surface area (Å²) in [4.78, 5) is 25.2. The van der Waals surface area contributed by atoms with E-state index >= 15 is 0 Å². The van der Waals surface area contributed by atoms with E-state index in [1.807, 2.05) is 19.9 Å². The van der Waals surface area contributed by atoms with Crippen molar-refractivity contribution in [3.8, 4) is 0 Å². The highest BCUT2D eigenvalue weighted by atomic mass is 16.2. The molecule has 0 bridgehead atoms. The van der Waals surface area contributed by atoms with Crippen molar-refractivity contribution in [1.82, 2.24) is 15.0 Å². The summed E-state index contributed by atoms with van der Waals surface area (Å²) in [5.74, 6) is -0.823. The van der Waals surface area contributed by atoms with Gasteiger partial charge < -0.3 is 10.6 Å². The van der Waals surface area contributed by atoms with Crippen LogP contribution in [0, 0.1) is 6.92 Å². The van der Waals surface area contributed by atoms with Gasteiger partial charge in [0, 0.05) is 17.8 Å². The summed E-state index contributed by atoms with van der Waals surface area (Å²) in [5.41, 5.74) is 7.90. The van der Waals surface area contributed by atoms with E-state index in [1.165, 1.54) is 11.0 Å². The highest BCUT2D eigenvalue weighted by molar-refractivity contribution is 6.02. The predicted molar refractivity (Wildman–Crippen MR) is 86.8 cm³/mol. The van der Waals surface area contributed by atoms with Gasteiger partial charge >= 0.3 is 0 Å². The van der Waals surface area contributed by atoms with Crippen LogP contribution in [-0.4, -0.2) is 26.8 Å². The van der Waals surface area contributed by atoms with E-state index in [0.717, 1.165) is 11.3 Å². The minimum absolute atomic E-state index is 0.271. The van der Waals surface area contributed by atoms with Gasteiger partial charge in [0.1, 0.15) is 0 Å². The molecule has 120 valence electrons. The van der Waals surface area contributed by atoms with Crippen LogP contribution in [0.25, 0.3) is 0 Å². The van der Waals surface area contributed by atoms with E-state index < -0.39 is 5.91 Å². The first-order valence-electron chi connectivity index (χ1n) is 7.19. The van der Waals surface area contributed by atoms with Gasteiger partial charge in [0.05, 0.1) is 18.4 Å². The zero-order valence-electron chi connectivity index (χ0n) is 13.2. The van der Waals surface area contributed by atoms with Crippen molar-refractivity contribution >= 4 is 17.5 Å². The van der Waals surface area contributed by atoms with Gasteiger partial charge in [-0.3, -0.25) is 9.59 Å². The van der Waals surface area contributed by atoms with Gasteiger partial charge in [-0.25, -0.2) is 4.68 Å². The summed E-state index contributed by atoms with van der Waals surface area (Å²) in [6.07, 6.45) is 2.84. The molecule has 23 heavy (non-hydrogen) atoms. The van der Waals surface area contributed by atoms with Gasteiger partial charge in [-0.1, -0.05) is 11.8 Å². The summed E-state index contributed by atoms with van der Waals surface area (Å²) < 4.78 is 1.70. The molecule has 0 unspecified atom stereocenters. The minimum atomic E-state index is -0.541. The quantitative estimate of drug-likeness (QED) is 0.816. The number of anilines is 1. The number of benzene rings is 1. The molecule has 2 N–H and O–H groups in total. The van der Waals surface area contributed by atoms with Gasteiger partial charge in [0.2, 0.25) is 5.91 Å². The number of carbonyl (C=O) groups is 2. The number of amides is 2. The fourth-order valence-electron chi connectivity index (χ4n) is 2.30. The Balaban J connectivity index is 2.45. The molecule has 1 aromatic heterocycles. The van der Waals surface area contributed by atoms with Gasteiger partial charge in [0.15, 0.2) is 0 Å². The fraction of sp³-hybridized carbons (Fsp3) is 0.250. The second kappa shape index (κ2) is 6.87. The van der Waals surface area contributed by atoms with Gasteiger partial charge in [-0.05, 0) is 43.7 Å². The zero-order chi connectivity index (χ0) is 17.0. The Morgan fingerprint density at radius 1 is 1.39 bits per heavy atom. The number of aryl methyl sites for hydroxylation is 2. The molecular weight excluding hydrogens is 294 g/mol. The molecule has 1 heterocycles. The average molecular weight is 313 g/mol. The Labute approximate surface area is 134 Å². The molecule has 1 aromatic carbocycles. The first-order valence-corrected chi connectivity index (χ1v) is 7.19. The third-order valence-electron chi connectivity index (χ3n) is 3.42. The van der Waals surface area contributed by atoms with E-state index in [1.54, 1.807) is 23.0 Å². The average Bonchev–Trinajstić information content (AvgIpc) is 2.98. The Hall–Kier alpha value is -2.96. The monoisotopic (exact) mass is 313 g/mol. The molecule has 0 aliphatic heterocycles. The number of carbonyl (C=O) groups excluding carboxylic acids is 2. The number of hydrogen-bond donors (Lipinski definition) is 1. The molecule has 0 radical (unpaired) electrons. The molecule has 0 saturated carbocycles. The lowest BCUT2D eigenvalue weighted by Gasteiger charge is -2.22. The molecule has 7 heteroatoms. The molecule has 0 atom stereocenters. The third-order valence-corrected chi connectivity index (χ3v) is 3.42. The van der Waals surface area contributed by atoms with Gasteiger partial charge in [-0.2, -0.15) is 0 Å². The second-order valence-corrected chi connectivity index (χ2v) is 5.09. The third kappa shape index (κ3) is 3.63. The zero-order valence-corrected chi connectivity index (χ0v) is 13.2. The van der Waals surface area contributed by atoms with Crippen molar-refractivity contribution in [1.29, 1.82) is 0 Å². The predicted octanol–water partition coefficient (Wildman–Crippen LogP) is 1.42. The molecule has 0 saturated heterocycles. The number of hydrogen-bond acceptors (Lipinski definition) is 4. The summed E-state index contributed by atoms with van der Waals surface area (Å²) >= 11 is 0. The van der Waals surface area contributed by atoms with Crippen molar-refractivity contribution < 1.29 is 9.59 Å². The summed E-state index contributed by atoms with van der Waals surface area (Å²) in [6, 6.07) is 5.09. The van der Waals surface area contributed by atoms with Crippen molar-refractivity contribution in [3.63, 3.8) is 0 Å². The molecule has 2 amide bonds. The van der Waals surface area contributed by atoms with Crippen molar-refractivity contribution in [2.75, 3.05) is 4.90 Å². The molecule has 0 aliphatic rings. The van der Waals surface area contributed by atoms with Crippen LogP contribution in [0.15, 0.2) is 37.1 Å². The van der Waals surface area contributed by atoms with Crippen LogP contribution < -0.4 is 10.6 Å². The van der Waals surface area contributed by atoms with Crippen molar-refractivity contribution in [2.24, 2.45) is 5.73 Å². The molecule has 0 spiro atoms. The second-order valence-electron chi connectivity index (χ2n) is 5.09. The summed E-state index contributed by atoms with van der Waals surface area (Å²) in [5, 5.41) is 7.82. The van der Waals surface area contributed by atoms with E-state index in [-0.39, 0.29) is 12.5 Å². The molecule has 0 aliphatic carbocycles. The Kier molecular flexibility index (Phi) is 4.90. The fourth-order valence-corrected chi connectivity index (χ4v) is 2.30. The maximum Gasteiger partial charge on any atom is 0.250 e. The molecular formula is C16H19N5O2. The maximum atomic E-state index is 12.3. The van der Waals surface area contributed by atoms with Crippen LogP contribution in [0.2, 0.25) is 0 Å².